The van der Waals surface area contributed by atoms with Crippen molar-refractivity contribution in [2.75, 3.05) is 0 Å². The van der Waals surface area contributed by atoms with Gasteiger partial charge in [0.05, 0.1) is 25.8 Å². The van der Waals surface area contributed by atoms with Gasteiger partial charge in [-0.1, -0.05) is 30.3 Å². The molecule has 0 aliphatic rings. The molecule has 14 heteroatoms. The number of benzene rings is 5. The number of fused-ring (bicyclic) bond motifs is 1. The van der Waals surface area contributed by atoms with Crippen molar-refractivity contribution in [2.24, 2.45) is 0 Å². The fourth-order valence-electron chi connectivity index (χ4n) is 6.46. The van der Waals surface area contributed by atoms with Crippen molar-refractivity contribution in [2.45, 2.75) is 26.5 Å². The number of allylic oxidation sites excluding steroid dienone is 2. The Hall–Kier alpha value is -6.02. The minimum Gasteiger partial charge on any atom is -0.255 e. The molecule has 2 aromatic heterocycles. The first-order chi connectivity index (χ1) is 27.1. The van der Waals surface area contributed by atoms with Gasteiger partial charge in [-0.15, -0.1) is 0 Å². The van der Waals surface area contributed by atoms with Gasteiger partial charge >= 0.3 is 0 Å². The maximum atomic E-state index is 16.8. The molecule has 0 aliphatic carbocycles. The number of nitrogens with zero attached hydrogens (tertiary/aromatic N) is 2. The Kier molecular flexibility index (Phi) is 10.4. The molecule has 0 aliphatic heterocycles. The van der Waals surface area contributed by atoms with Crippen LogP contribution in [0.2, 0.25) is 5.02 Å². The quantitative estimate of drug-likeness (QED) is 0.0626. The van der Waals surface area contributed by atoms with Crippen LogP contribution in [0.3, 0.4) is 0 Å². The van der Waals surface area contributed by atoms with Gasteiger partial charge in [0.1, 0.15) is 28.2 Å². The van der Waals surface area contributed by atoms with E-state index < -0.39 is 48.8 Å². The van der Waals surface area contributed by atoms with Crippen molar-refractivity contribution < 1.29 is 43.4 Å². The van der Waals surface area contributed by atoms with Crippen molar-refractivity contribution >= 4 is 48.3 Å². The van der Waals surface area contributed by atoms with Crippen LogP contribution in [0.5, 0.6) is 0 Å². The number of hydrogen-bond acceptors (Lipinski definition) is 5. The van der Waals surface area contributed by atoms with Crippen molar-refractivity contribution in [1.82, 2.24) is 4.98 Å². The molecule has 0 amide bonds. The second kappa shape index (κ2) is 15.1. The molecule has 0 spiro atoms. The van der Waals surface area contributed by atoms with E-state index >= 15 is 8.78 Å². The van der Waals surface area contributed by atoms with Gasteiger partial charge in [0.15, 0.2) is 12.0 Å². The Bertz CT molecular complexity index is 3010. The van der Waals surface area contributed by atoms with Crippen LogP contribution in [0.25, 0.3) is 44.9 Å². The van der Waals surface area contributed by atoms with E-state index in [9.17, 15) is 30.0 Å². The van der Waals surface area contributed by atoms with Crippen LogP contribution in [-0.2, 0) is 19.7 Å². The third kappa shape index (κ3) is 7.49. The number of pyridine rings is 2. The van der Waals surface area contributed by atoms with Gasteiger partial charge in [0, 0.05) is 34.5 Å². The van der Waals surface area contributed by atoms with Crippen molar-refractivity contribution in [1.29, 1.82) is 0 Å². The maximum absolute atomic E-state index is 16.8. The SMILES string of the molecule is C=C(F)/C=C\c1ncc(S(=O)(=O)c2ccc(F)cc2)c(-c2ccc(-[n+]3cc(S(=O)(=O)c4ccc(F)cc4)c(-c4ccc(Cl)cc4)c4cc(F)ccc43)c(F)c2)c1C. The van der Waals surface area contributed by atoms with Gasteiger partial charge < -0.3 is 0 Å². The lowest BCUT2D eigenvalue weighted by atomic mass is 9.98. The summed E-state index contributed by atoms with van der Waals surface area (Å²) in [6.45, 7) is 4.70. The lowest BCUT2D eigenvalue weighted by molar-refractivity contribution is -0.571. The Morgan fingerprint density at radius 3 is 1.84 bits per heavy atom. The number of hydrogen-bond donors (Lipinski definition) is 0. The third-order valence-electron chi connectivity index (χ3n) is 9.18. The molecule has 0 saturated heterocycles. The van der Waals surface area contributed by atoms with Gasteiger partial charge in [-0.05, 0) is 121 Å². The second-order valence-corrected chi connectivity index (χ2v) is 17.0. The van der Waals surface area contributed by atoms with Crippen LogP contribution in [-0.4, -0.2) is 21.8 Å². The Morgan fingerprint density at radius 2 is 1.26 bits per heavy atom. The Balaban J connectivity index is 1.50. The zero-order valence-electron chi connectivity index (χ0n) is 29.5. The first kappa shape index (κ1) is 39.2. The molecule has 0 atom stereocenters. The molecular formula is C43H27ClF5N2O4S2+. The summed E-state index contributed by atoms with van der Waals surface area (Å²) in [5.41, 5.74) is 0.776. The minimum atomic E-state index is -4.52. The Labute approximate surface area is 329 Å². The molecule has 7 aromatic rings. The van der Waals surface area contributed by atoms with Gasteiger partial charge in [-0.3, -0.25) is 4.98 Å². The van der Waals surface area contributed by atoms with Gasteiger partial charge in [0.2, 0.25) is 30.9 Å². The van der Waals surface area contributed by atoms with Crippen molar-refractivity contribution in [3.8, 4) is 27.9 Å². The molecule has 0 radical (unpaired) electrons. The zero-order valence-corrected chi connectivity index (χ0v) is 31.9. The molecule has 5 aromatic carbocycles. The fraction of sp³-hybridized carbons (Fsp3) is 0.0233. The summed E-state index contributed by atoms with van der Waals surface area (Å²) >= 11 is 6.15. The van der Waals surface area contributed by atoms with E-state index in [1.807, 2.05) is 0 Å². The topological polar surface area (TPSA) is 85.1 Å². The Morgan fingerprint density at radius 1 is 0.702 bits per heavy atom. The largest absolute Gasteiger partial charge is 0.255 e. The van der Waals surface area contributed by atoms with Crippen LogP contribution in [0.1, 0.15) is 11.3 Å². The standard InChI is InChI=1S/C43H27ClF5N2O4S2/c1-25(45)3-18-37-26(2)42(40(23-50-37)56(52,53)33-14-9-30(46)10-15-33)28-6-19-39(36(49)21-28)51-24-41(57(54,55)34-16-11-31(47)12-17-34)43(27-4-7-29(44)8-5-27)35-22-32(48)13-20-38(35)51/h3-24H,1H2,2H3/q+1/b18-3-. The van der Waals surface area contributed by atoms with E-state index in [1.165, 1.54) is 54.1 Å². The summed E-state index contributed by atoms with van der Waals surface area (Å²) in [7, 11) is -8.92. The van der Waals surface area contributed by atoms with Crippen LogP contribution in [0.15, 0.2) is 160 Å². The highest BCUT2D eigenvalue weighted by Crippen LogP contribution is 2.39. The van der Waals surface area contributed by atoms with Crippen LogP contribution in [0, 0.1) is 30.2 Å². The van der Waals surface area contributed by atoms with Crippen LogP contribution >= 0.6 is 11.6 Å². The number of sulfone groups is 2. The predicted octanol–water partition coefficient (Wildman–Crippen LogP) is 10.5. The van der Waals surface area contributed by atoms with E-state index in [2.05, 4.69) is 11.6 Å². The van der Waals surface area contributed by atoms with Crippen molar-refractivity contribution in [3.63, 3.8) is 0 Å². The monoisotopic (exact) mass is 829 g/mol. The number of halogens is 6. The van der Waals surface area contributed by atoms with Gasteiger partial charge in [0.25, 0.3) is 0 Å². The minimum absolute atomic E-state index is 0.00140. The molecule has 0 N–H and O–H groups in total. The summed E-state index contributed by atoms with van der Waals surface area (Å²) in [6, 6.07) is 21.7. The predicted molar refractivity (Wildman–Crippen MR) is 207 cm³/mol. The maximum Gasteiger partial charge on any atom is 0.247 e. The van der Waals surface area contributed by atoms with E-state index in [1.54, 1.807) is 12.1 Å². The molecule has 6 nitrogen and oxygen atoms in total. The highest BCUT2D eigenvalue weighted by atomic mass is 35.5. The molecule has 286 valence electrons. The van der Waals surface area contributed by atoms with E-state index in [4.69, 9.17) is 11.6 Å². The average molecular weight is 830 g/mol. The lowest BCUT2D eigenvalue weighted by Gasteiger charge is -2.16. The lowest BCUT2D eigenvalue weighted by Crippen LogP contribution is -2.34. The molecule has 0 bridgehead atoms. The van der Waals surface area contributed by atoms with Gasteiger partial charge in [-0.2, -0.15) is 8.96 Å². The fourth-order valence-corrected chi connectivity index (χ4v) is 9.56. The highest BCUT2D eigenvalue weighted by molar-refractivity contribution is 7.92. The second-order valence-electron chi connectivity index (χ2n) is 12.8. The normalized spacial score (nSPS) is 12.1. The summed E-state index contributed by atoms with van der Waals surface area (Å²) in [5.74, 6) is -3.83. The smallest absolute Gasteiger partial charge is 0.247 e. The molecule has 0 saturated carbocycles. The number of aromatic nitrogens is 2. The summed E-state index contributed by atoms with van der Waals surface area (Å²) in [5, 5.41) is 0.423. The van der Waals surface area contributed by atoms with E-state index in [0.717, 1.165) is 79.0 Å². The molecule has 0 fully saturated rings. The highest BCUT2D eigenvalue weighted by Gasteiger charge is 2.33. The first-order valence-electron chi connectivity index (χ1n) is 16.8. The van der Waals surface area contributed by atoms with E-state index in [-0.39, 0.29) is 64.1 Å². The molecular weight excluding hydrogens is 803 g/mol. The van der Waals surface area contributed by atoms with E-state index in [0.29, 0.717) is 10.6 Å². The van der Waals surface area contributed by atoms with Crippen LogP contribution < -0.4 is 4.57 Å². The summed E-state index contributed by atoms with van der Waals surface area (Å²) in [6.07, 6.45) is 4.50. The molecule has 0 unspecified atom stereocenters. The summed E-state index contributed by atoms with van der Waals surface area (Å²) < 4.78 is 131. The third-order valence-corrected chi connectivity index (χ3v) is 13.0. The number of rotatable bonds is 9. The molecule has 57 heavy (non-hydrogen) atoms. The van der Waals surface area contributed by atoms with Crippen LogP contribution in [0.4, 0.5) is 22.0 Å². The van der Waals surface area contributed by atoms with Gasteiger partial charge in [-0.25, -0.2) is 34.4 Å². The van der Waals surface area contributed by atoms with Crippen molar-refractivity contribution in [3.05, 3.63) is 180 Å². The molecule has 7 rings (SSSR count). The first-order valence-corrected chi connectivity index (χ1v) is 20.2. The molecule has 2 heterocycles. The zero-order chi connectivity index (χ0) is 40.8. The summed E-state index contributed by atoms with van der Waals surface area (Å²) in [4.78, 5) is 2.92. The average Bonchev–Trinajstić information content (AvgIpc) is 3.17.